The normalized spacial score (nSPS) is 19.4. The van der Waals surface area contributed by atoms with Crippen LogP contribution < -0.4 is 16.4 Å². The highest BCUT2D eigenvalue weighted by atomic mass is 16.2. The predicted octanol–water partition coefficient (Wildman–Crippen LogP) is 3.75. The van der Waals surface area contributed by atoms with E-state index < -0.39 is 0 Å². The Balaban J connectivity index is 1.89. The summed E-state index contributed by atoms with van der Waals surface area (Å²) in [7, 11) is 4.07. The first-order valence-corrected chi connectivity index (χ1v) is 12.3. The largest absolute Gasteiger partial charge is 0.387 e. The van der Waals surface area contributed by atoms with Gasteiger partial charge in [0.05, 0.1) is 17.4 Å². The van der Waals surface area contributed by atoms with E-state index in [0.29, 0.717) is 18.2 Å². The van der Waals surface area contributed by atoms with Gasteiger partial charge in [0, 0.05) is 30.9 Å². The molecular formula is C26H41N7O. The number of aliphatic imine (C=N–C) groups is 1. The number of anilines is 1. The highest BCUT2D eigenvalue weighted by molar-refractivity contribution is 5.96. The molecule has 8 heteroatoms. The maximum atomic E-state index is 12.9. The van der Waals surface area contributed by atoms with Gasteiger partial charge in [-0.05, 0) is 51.4 Å². The van der Waals surface area contributed by atoms with E-state index in [9.17, 15) is 4.79 Å². The van der Waals surface area contributed by atoms with Crippen molar-refractivity contribution >= 4 is 28.5 Å². The van der Waals surface area contributed by atoms with Gasteiger partial charge in [-0.25, -0.2) is 9.97 Å². The summed E-state index contributed by atoms with van der Waals surface area (Å²) in [5.74, 6) is 1.31. The van der Waals surface area contributed by atoms with Gasteiger partial charge in [-0.1, -0.05) is 45.2 Å². The molecule has 1 saturated carbocycles. The number of hydrogen-bond donors (Lipinski definition) is 3. The van der Waals surface area contributed by atoms with E-state index in [0.717, 1.165) is 55.1 Å². The van der Waals surface area contributed by atoms with Crippen LogP contribution in [0.25, 0.3) is 10.9 Å². The Bertz CT molecular complexity index is 1030. The summed E-state index contributed by atoms with van der Waals surface area (Å²) in [5, 5.41) is 7.52. The van der Waals surface area contributed by atoms with E-state index in [1.807, 2.05) is 33.2 Å². The Morgan fingerprint density at radius 2 is 1.94 bits per heavy atom. The molecule has 186 valence electrons. The average molecular weight is 468 g/mol. The molecule has 2 atom stereocenters. The highest BCUT2D eigenvalue weighted by Crippen LogP contribution is 2.28. The molecule has 2 aromatic rings. The molecule has 3 rings (SSSR count). The van der Waals surface area contributed by atoms with Crippen LogP contribution in [-0.2, 0) is 0 Å². The lowest BCUT2D eigenvalue weighted by Crippen LogP contribution is -2.38. The van der Waals surface area contributed by atoms with Crippen molar-refractivity contribution in [1.82, 2.24) is 20.2 Å². The SMILES string of the molecule is Cc1ccc2nc(C(=O)NCC(C)(C)C)nc(N[C@H]3CCCC[C@H]3N=C(N)CCN(C)C)c2c1. The maximum Gasteiger partial charge on any atom is 0.289 e. The number of benzene rings is 1. The minimum absolute atomic E-state index is 0.0233. The van der Waals surface area contributed by atoms with Gasteiger partial charge in [0.2, 0.25) is 5.82 Å². The summed E-state index contributed by atoms with van der Waals surface area (Å²) >= 11 is 0. The summed E-state index contributed by atoms with van der Waals surface area (Å²) in [4.78, 5) is 29.1. The molecule has 1 heterocycles. The van der Waals surface area contributed by atoms with Crippen LogP contribution in [0.2, 0.25) is 0 Å². The van der Waals surface area contributed by atoms with Crippen molar-refractivity contribution in [3.05, 3.63) is 29.6 Å². The number of fused-ring (bicyclic) bond motifs is 1. The van der Waals surface area contributed by atoms with Crippen LogP contribution in [0.3, 0.4) is 0 Å². The molecule has 1 aromatic carbocycles. The first-order valence-electron chi connectivity index (χ1n) is 12.3. The molecule has 0 bridgehead atoms. The third kappa shape index (κ3) is 7.38. The summed E-state index contributed by atoms with van der Waals surface area (Å²) < 4.78 is 0. The predicted molar refractivity (Wildman–Crippen MR) is 141 cm³/mol. The van der Waals surface area contributed by atoms with Crippen molar-refractivity contribution in [2.45, 2.75) is 71.9 Å². The number of carbonyl (C=O) groups excluding carboxylic acids is 1. The first kappa shape index (κ1) is 25.9. The van der Waals surface area contributed by atoms with Crippen LogP contribution in [0.4, 0.5) is 5.82 Å². The minimum Gasteiger partial charge on any atom is -0.387 e. The molecule has 8 nitrogen and oxygen atoms in total. The van der Waals surface area contributed by atoms with Gasteiger partial charge in [0.25, 0.3) is 5.91 Å². The lowest BCUT2D eigenvalue weighted by atomic mass is 9.90. The number of hydrogen-bond acceptors (Lipinski definition) is 6. The standard InChI is InChI=1S/C26H41N7O/c1-17-11-12-19-18(15-17)23(32-24(30-19)25(34)28-16-26(2,3)4)31-21-10-8-7-9-20(21)29-22(27)13-14-33(5)6/h11-12,15,20-21H,7-10,13-14,16H2,1-6H3,(H2,27,29)(H,28,34)(H,30,31,32)/t20-,21+/m1/s1. The topological polar surface area (TPSA) is 109 Å². The van der Waals surface area contributed by atoms with E-state index >= 15 is 0 Å². The van der Waals surface area contributed by atoms with Gasteiger partial charge in [0.15, 0.2) is 0 Å². The fourth-order valence-electron chi connectivity index (χ4n) is 4.10. The van der Waals surface area contributed by atoms with E-state index in [2.05, 4.69) is 52.3 Å². The Morgan fingerprint density at radius 3 is 2.65 bits per heavy atom. The Labute approximate surface area is 203 Å². The highest BCUT2D eigenvalue weighted by Gasteiger charge is 2.27. The Morgan fingerprint density at radius 1 is 1.21 bits per heavy atom. The van der Waals surface area contributed by atoms with Crippen LogP contribution in [0, 0.1) is 12.3 Å². The lowest BCUT2D eigenvalue weighted by Gasteiger charge is -2.31. The molecule has 1 fully saturated rings. The third-order valence-electron chi connectivity index (χ3n) is 6.03. The number of aryl methyl sites for hydroxylation is 1. The van der Waals surface area contributed by atoms with Crippen molar-refractivity contribution in [3.8, 4) is 0 Å². The molecule has 0 aliphatic heterocycles. The van der Waals surface area contributed by atoms with Crippen molar-refractivity contribution in [3.63, 3.8) is 0 Å². The van der Waals surface area contributed by atoms with Crippen molar-refractivity contribution in [2.75, 3.05) is 32.5 Å². The number of amidine groups is 1. The van der Waals surface area contributed by atoms with Gasteiger partial charge >= 0.3 is 0 Å². The molecular weight excluding hydrogens is 426 g/mol. The molecule has 0 spiro atoms. The maximum absolute atomic E-state index is 12.9. The molecule has 4 N–H and O–H groups in total. The molecule has 0 saturated heterocycles. The van der Waals surface area contributed by atoms with Gasteiger partial charge in [0.1, 0.15) is 5.82 Å². The van der Waals surface area contributed by atoms with Crippen LogP contribution in [0.15, 0.2) is 23.2 Å². The van der Waals surface area contributed by atoms with Crippen LogP contribution >= 0.6 is 0 Å². The number of rotatable bonds is 8. The fraction of sp³-hybridized carbons (Fsp3) is 0.615. The van der Waals surface area contributed by atoms with Crippen LogP contribution in [0.1, 0.15) is 69.1 Å². The zero-order valence-corrected chi connectivity index (χ0v) is 21.6. The number of carbonyl (C=O) groups is 1. The van der Waals surface area contributed by atoms with Gasteiger partial charge < -0.3 is 21.3 Å². The minimum atomic E-state index is -0.258. The molecule has 0 unspecified atom stereocenters. The van der Waals surface area contributed by atoms with Gasteiger partial charge in [-0.2, -0.15) is 0 Å². The van der Waals surface area contributed by atoms with E-state index in [-0.39, 0.29) is 29.2 Å². The zero-order chi connectivity index (χ0) is 24.9. The molecule has 1 amide bonds. The van der Waals surface area contributed by atoms with Crippen molar-refractivity contribution in [2.24, 2.45) is 16.1 Å². The number of aromatic nitrogens is 2. The summed E-state index contributed by atoms with van der Waals surface area (Å²) in [6, 6.07) is 6.23. The Kier molecular flexibility index (Phi) is 8.47. The fourth-order valence-corrected chi connectivity index (χ4v) is 4.10. The quantitative estimate of drug-likeness (QED) is 0.403. The second kappa shape index (κ2) is 11.1. The average Bonchev–Trinajstić information content (AvgIpc) is 2.77. The van der Waals surface area contributed by atoms with Crippen LogP contribution in [0.5, 0.6) is 0 Å². The van der Waals surface area contributed by atoms with E-state index in [4.69, 9.17) is 10.7 Å². The summed E-state index contributed by atoms with van der Waals surface area (Å²) in [5.41, 5.74) is 8.12. The lowest BCUT2D eigenvalue weighted by molar-refractivity contribution is 0.0929. The third-order valence-corrected chi connectivity index (χ3v) is 6.03. The molecule has 1 aliphatic carbocycles. The van der Waals surface area contributed by atoms with E-state index in [1.54, 1.807) is 0 Å². The zero-order valence-electron chi connectivity index (χ0n) is 21.6. The summed E-state index contributed by atoms with van der Waals surface area (Å²) in [6.45, 7) is 9.72. The Hall–Kier alpha value is -2.74. The number of nitrogens with one attached hydrogen (secondary N) is 2. The second-order valence-electron chi connectivity index (χ2n) is 10.9. The second-order valence-corrected chi connectivity index (χ2v) is 10.9. The summed E-state index contributed by atoms with van der Waals surface area (Å²) in [6.07, 6.45) is 4.99. The monoisotopic (exact) mass is 467 g/mol. The first-order chi connectivity index (χ1) is 16.0. The number of nitrogens with zero attached hydrogens (tertiary/aromatic N) is 4. The smallest absolute Gasteiger partial charge is 0.289 e. The molecule has 0 radical (unpaired) electrons. The number of amides is 1. The van der Waals surface area contributed by atoms with E-state index in [1.165, 1.54) is 0 Å². The van der Waals surface area contributed by atoms with Crippen molar-refractivity contribution in [1.29, 1.82) is 0 Å². The molecule has 34 heavy (non-hydrogen) atoms. The number of nitrogens with two attached hydrogens (primary N) is 1. The van der Waals surface area contributed by atoms with Gasteiger partial charge in [-0.15, -0.1) is 0 Å². The van der Waals surface area contributed by atoms with Gasteiger partial charge in [-0.3, -0.25) is 9.79 Å². The molecule has 1 aliphatic rings. The molecule has 1 aromatic heterocycles. The van der Waals surface area contributed by atoms with Crippen molar-refractivity contribution < 1.29 is 4.79 Å². The van der Waals surface area contributed by atoms with Crippen LogP contribution in [-0.4, -0.2) is 65.9 Å².